The minimum Gasteiger partial charge on any atom is -0.497 e. The fourth-order valence-electron chi connectivity index (χ4n) is 2.13. The molecule has 0 aliphatic carbocycles. The maximum Gasteiger partial charge on any atom is 0.128 e. The molecule has 0 aliphatic heterocycles. The zero-order valence-corrected chi connectivity index (χ0v) is 13.2. The molecule has 1 unspecified atom stereocenters. The number of likely N-dealkylation sites (N-methyl/N-ethyl adjacent to an activating group) is 1. The zero-order valence-electron chi connectivity index (χ0n) is 12.5. The number of aromatic nitrogens is 2. The molecule has 6 heteroatoms. The molecule has 0 saturated heterocycles. The molecule has 1 heterocycles. The van der Waals surface area contributed by atoms with E-state index in [4.69, 9.17) is 16.3 Å². The van der Waals surface area contributed by atoms with Gasteiger partial charge >= 0.3 is 0 Å². The summed E-state index contributed by atoms with van der Waals surface area (Å²) in [6.45, 7) is 1.11. The summed E-state index contributed by atoms with van der Waals surface area (Å²) < 4.78 is 7.00. The minimum absolute atomic E-state index is 0.498. The van der Waals surface area contributed by atoms with Crippen LogP contribution in [0.15, 0.2) is 30.5 Å². The number of methoxy groups -OCH3 is 1. The largest absolute Gasteiger partial charge is 0.497 e. The molecular formula is C15H20ClN3O2. The summed E-state index contributed by atoms with van der Waals surface area (Å²) in [5.41, 5.74) is 0.832. The molecule has 114 valence electrons. The van der Waals surface area contributed by atoms with Crippen molar-refractivity contribution in [3.63, 3.8) is 0 Å². The Bertz CT molecular complexity index is 600. The molecule has 0 fully saturated rings. The van der Waals surface area contributed by atoms with Gasteiger partial charge < -0.3 is 14.4 Å². The molecular weight excluding hydrogens is 290 g/mol. The van der Waals surface area contributed by atoms with Crippen LogP contribution in [0.4, 0.5) is 0 Å². The molecule has 1 atom stereocenters. The van der Waals surface area contributed by atoms with Crippen LogP contribution in [0.2, 0.25) is 5.15 Å². The summed E-state index contributed by atoms with van der Waals surface area (Å²) in [5, 5.41) is 10.9. The third kappa shape index (κ3) is 3.97. The first-order valence-corrected chi connectivity index (χ1v) is 7.05. The van der Waals surface area contributed by atoms with Crippen LogP contribution in [0.25, 0.3) is 0 Å². The van der Waals surface area contributed by atoms with Crippen molar-refractivity contribution in [3.05, 3.63) is 47.0 Å². The molecule has 5 nitrogen and oxygen atoms in total. The van der Waals surface area contributed by atoms with Crippen molar-refractivity contribution in [1.29, 1.82) is 0 Å². The maximum atomic E-state index is 10.3. The van der Waals surface area contributed by atoms with Gasteiger partial charge in [0.15, 0.2) is 0 Å². The minimum atomic E-state index is -0.583. The Kier molecular flexibility index (Phi) is 5.22. The van der Waals surface area contributed by atoms with E-state index in [0.29, 0.717) is 18.2 Å². The molecule has 0 bridgehead atoms. The number of hydrogen-bond acceptors (Lipinski definition) is 4. The molecule has 0 radical (unpaired) electrons. The van der Waals surface area contributed by atoms with Crippen molar-refractivity contribution in [3.8, 4) is 5.75 Å². The Hall–Kier alpha value is -1.56. The van der Waals surface area contributed by atoms with E-state index in [0.717, 1.165) is 17.1 Å². The van der Waals surface area contributed by atoms with Crippen LogP contribution in [0.5, 0.6) is 5.75 Å². The van der Waals surface area contributed by atoms with E-state index >= 15 is 0 Å². The highest BCUT2D eigenvalue weighted by atomic mass is 35.5. The molecule has 0 amide bonds. The van der Waals surface area contributed by atoms with E-state index in [2.05, 4.69) is 4.98 Å². The van der Waals surface area contributed by atoms with Gasteiger partial charge in [-0.25, -0.2) is 4.98 Å². The number of imidazole rings is 1. The topological polar surface area (TPSA) is 50.5 Å². The van der Waals surface area contributed by atoms with Crippen LogP contribution in [-0.4, -0.2) is 40.3 Å². The first-order chi connectivity index (χ1) is 10.0. The third-order valence-electron chi connectivity index (χ3n) is 3.40. The second kappa shape index (κ2) is 6.93. The van der Waals surface area contributed by atoms with Gasteiger partial charge in [0.1, 0.15) is 16.7 Å². The Balaban J connectivity index is 1.98. The van der Waals surface area contributed by atoms with Gasteiger partial charge in [-0.2, -0.15) is 0 Å². The van der Waals surface area contributed by atoms with Gasteiger partial charge in [-0.3, -0.25) is 4.90 Å². The average Bonchev–Trinajstić information content (AvgIpc) is 2.79. The van der Waals surface area contributed by atoms with Gasteiger partial charge in [-0.15, -0.1) is 0 Å². The van der Waals surface area contributed by atoms with Crippen molar-refractivity contribution in [2.45, 2.75) is 12.6 Å². The molecule has 2 rings (SSSR count). The quantitative estimate of drug-likeness (QED) is 0.889. The van der Waals surface area contributed by atoms with Crippen molar-refractivity contribution in [2.75, 3.05) is 20.7 Å². The predicted molar refractivity (Wildman–Crippen MR) is 82.5 cm³/mol. The molecule has 1 aromatic heterocycles. The predicted octanol–water partition coefficient (Wildman–Crippen LogP) is 2.25. The average molecular weight is 310 g/mol. The number of aliphatic hydroxyl groups excluding tert-OH is 1. The molecule has 21 heavy (non-hydrogen) atoms. The normalized spacial score (nSPS) is 12.7. The summed E-state index contributed by atoms with van der Waals surface area (Å²) >= 11 is 5.97. The lowest BCUT2D eigenvalue weighted by Gasteiger charge is -2.20. The monoisotopic (exact) mass is 309 g/mol. The lowest BCUT2D eigenvalue weighted by atomic mass is 10.1. The fourth-order valence-corrected chi connectivity index (χ4v) is 2.27. The number of halogens is 1. The highest BCUT2D eigenvalue weighted by Gasteiger charge is 2.14. The van der Waals surface area contributed by atoms with E-state index in [1.165, 1.54) is 0 Å². The maximum absolute atomic E-state index is 10.3. The van der Waals surface area contributed by atoms with Gasteiger partial charge in [0.05, 0.1) is 26.0 Å². The van der Waals surface area contributed by atoms with Gasteiger partial charge in [0.2, 0.25) is 0 Å². The standard InChI is InChI=1S/C15H20ClN3O2/c1-18(10-15-17-8-14(16)19(15)2)9-13(20)11-5-4-6-12(7-11)21-3/h4-8,13,20H,9-10H2,1-3H3. The van der Waals surface area contributed by atoms with E-state index in [9.17, 15) is 5.11 Å². The van der Waals surface area contributed by atoms with Crippen LogP contribution in [-0.2, 0) is 13.6 Å². The molecule has 0 spiro atoms. The van der Waals surface area contributed by atoms with Crippen molar-refractivity contribution >= 4 is 11.6 Å². The molecule has 0 saturated carbocycles. The number of hydrogen-bond donors (Lipinski definition) is 1. The fraction of sp³-hybridized carbons (Fsp3) is 0.400. The summed E-state index contributed by atoms with van der Waals surface area (Å²) in [7, 11) is 5.42. The van der Waals surface area contributed by atoms with Crippen molar-refractivity contribution in [2.24, 2.45) is 7.05 Å². The number of aliphatic hydroxyl groups is 1. The van der Waals surface area contributed by atoms with E-state index in [1.807, 2.05) is 47.8 Å². The third-order valence-corrected chi connectivity index (χ3v) is 3.75. The van der Waals surface area contributed by atoms with Crippen LogP contribution in [0, 0.1) is 0 Å². The SMILES string of the molecule is COc1cccc(C(O)CN(C)Cc2ncc(Cl)n2C)c1. The smallest absolute Gasteiger partial charge is 0.128 e. The number of nitrogens with zero attached hydrogens (tertiary/aromatic N) is 3. The number of ether oxygens (including phenoxy) is 1. The lowest BCUT2D eigenvalue weighted by Crippen LogP contribution is -2.25. The number of rotatable bonds is 6. The van der Waals surface area contributed by atoms with Gasteiger partial charge in [-0.05, 0) is 24.7 Å². The summed E-state index contributed by atoms with van der Waals surface area (Å²) in [5.74, 6) is 1.60. The second-order valence-corrected chi connectivity index (χ2v) is 5.43. The van der Waals surface area contributed by atoms with Crippen molar-refractivity contribution < 1.29 is 9.84 Å². The lowest BCUT2D eigenvalue weighted by molar-refractivity contribution is 0.122. The molecule has 1 N–H and O–H groups in total. The van der Waals surface area contributed by atoms with Crippen molar-refractivity contribution in [1.82, 2.24) is 14.5 Å². The van der Waals surface area contributed by atoms with E-state index in [-0.39, 0.29) is 0 Å². The molecule has 1 aromatic carbocycles. The highest BCUT2D eigenvalue weighted by molar-refractivity contribution is 6.29. The number of benzene rings is 1. The van der Waals surface area contributed by atoms with E-state index in [1.54, 1.807) is 13.3 Å². The molecule has 0 aliphatic rings. The Labute approximate surface area is 129 Å². The Morgan fingerprint density at radius 2 is 2.24 bits per heavy atom. The van der Waals surface area contributed by atoms with Crippen LogP contribution < -0.4 is 4.74 Å². The highest BCUT2D eigenvalue weighted by Crippen LogP contribution is 2.20. The Morgan fingerprint density at radius 3 is 2.86 bits per heavy atom. The zero-order chi connectivity index (χ0) is 15.4. The van der Waals surface area contributed by atoms with Crippen LogP contribution in [0.1, 0.15) is 17.5 Å². The van der Waals surface area contributed by atoms with E-state index < -0.39 is 6.10 Å². The van der Waals surface area contributed by atoms with Crippen LogP contribution >= 0.6 is 11.6 Å². The summed E-state index contributed by atoms with van der Waals surface area (Å²) in [6, 6.07) is 7.46. The summed E-state index contributed by atoms with van der Waals surface area (Å²) in [6.07, 6.45) is 1.05. The van der Waals surface area contributed by atoms with Crippen LogP contribution in [0.3, 0.4) is 0 Å². The van der Waals surface area contributed by atoms with Gasteiger partial charge in [0, 0.05) is 13.6 Å². The van der Waals surface area contributed by atoms with Gasteiger partial charge in [-0.1, -0.05) is 23.7 Å². The molecule has 2 aromatic rings. The first kappa shape index (κ1) is 15.8. The first-order valence-electron chi connectivity index (χ1n) is 6.68. The van der Waals surface area contributed by atoms with Gasteiger partial charge in [0.25, 0.3) is 0 Å². The summed E-state index contributed by atoms with van der Waals surface area (Å²) in [4.78, 5) is 6.25. The Morgan fingerprint density at radius 1 is 1.48 bits per heavy atom. The second-order valence-electron chi connectivity index (χ2n) is 5.05.